The summed E-state index contributed by atoms with van der Waals surface area (Å²) >= 11 is 0. The third kappa shape index (κ3) is 3.94. The fourth-order valence-electron chi connectivity index (χ4n) is 2.51. The number of amides is 2. The third-order valence-electron chi connectivity index (χ3n) is 3.81. The molecule has 2 amide bonds. The molecule has 3 rings (SSSR count). The number of halogens is 2. The van der Waals surface area contributed by atoms with Crippen LogP contribution in [0.25, 0.3) is 5.52 Å². The highest BCUT2D eigenvalue weighted by atomic mass is 19.2. The number of carbonyl (C=O) groups excluding carboxylic acids is 2. The van der Waals surface area contributed by atoms with Crippen molar-refractivity contribution in [2.45, 2.75) is 13.8 Å². The second-order valence-electron chi connectivity index (χ2n) is 6.43. The summed E-state index contributed by atoms with van der Waals surface area (Å²) in [7, 11) is 0. The molecule has 2 N–H and O–H groups in total. The van der Waals surface area contributed by atoms with Crippen LogP contribution in [0.3, 0.4) is 0 Å². The molecule has 0 aliphatic carbocycles. The highest BCUT2D eigenvalue weighted by molar-refractivity contribution is 6.08. The Balaban J connectivity index is 1.93. The van der Waals surface area contributed by atoms with E-state index in [1.54, 1.807) is 24.4 Å². The number of rotatable bonds is 5. The third-order valence-corrected chi connectivity index (χ3v) is 3.81. The fourth-order valence-corrected chi connectivity index (χ4v) is 2.51. The molecular formula is C19H18F2N4O2. The maximum Gasteiger partial charge on any atom is 0.287 e. The van der Waals surface area contributed by atoms with Gasteiger partial charge >= 0.3 is 0 Å². The van der Waals surface area contributed by atoms with E-state index < -0.39 is 23.4 Å². The van der Waals surface area contributed by atoms with Gasteiger partial charge in [0.05, 0.1) is 5.52 Å². The molecule has 0 saturated heterocycles. The quantitative estimate of drug-likeness (QED) is 0.722. The lowest BCUT2D eigenvalue weighted by Gasteiger charge is -2.06. The largest absolute Gasteiger partial charge is 0.349 e. The lowest BCUT2D eigenvalue weighted by atomic mass is 10.2. The molecule has 2 aromatic heterocycles. The lowest BCUT2D eigenvalue weighted by Crippen LogP contribution is -2.29. The number of carbonyl (C=O) groups is 2. The topological polar surface area (TPSA) is 75.5 Å². The van der Waals surface area contributed by atoms with Gasteiger partial charge in [-0.3, -0.25) is 14.0 Å². The molecule has 0 fully saturated rings. The van der Waals surface area contributed by atoms with E-state index in [-0.39, 0.29) is 23.1 Å². The van der Waals surface area contributed by atoms with Crippen LogP contribution in [0.4, 0.5) is 14.5 Å². The van der Waals surface area contributed by atoms with Gasteiger partial charge in [-0.25, -0.2) is 13.8 Å². The highest BCUT2D eigenvalue weighted by Gasteiger charge is 2.21. The molecule has 27 heavy (non-hydrogen) atoms. The van der Waals surface area contributed by atoms with Gasteiger partial charge in [-0.1, -0.05) is 19.9 Å². The van der Waals surface area contributed by atoms with E-state index in [4.69, 9.17) is 0 Å². The van der Waals surface area contributed by atoms with Gasteiger partial charge in [-0.2, -0.15) is 0 Å². The van der Waals surface area contributed by atoms with Crippen molar-refractivity contribution in [3.05, 3.63) is 65.7 Å². The van der Waals surface area contributed by atoms with E-state index in [1.807, 2.05) is 13.8 Å². The van der Waals surface area contributed by atoms with Crippen LogP contribution >= 0.6 is 0 Å². The number of nitrogens with one attached hydrogen (secondary N) is 2. The first-order valence-electron chi connectivity index (χ1n) is 8.38. The van der Waals surface area contributed by atoms with Crippen molar-refractivity contribution >= 4 is 23.0 Å². The Hall–Kier alpha value is -3.29. The molecule has 0 saturated carbocycles. The first-order valence-corrected chi connectivity index (χ1v) is 8.38. The smallest absolute Gasteiger partial charge is 0.287 e. The maximum absolute atomic E-state index is 13.3. The summed E-state index contributed by atoms with van der Waals surface area (Å²) in [5.41, 5.74) is 0.518. The molecule has 6 nitrogen and oxygen atoms in total. The van der Waals surface area contributed by atoms with Crippen molar-refractivity contribution in [1.82, 2.24) is 14.7 Å². The first kappa shape index (κ1) is 18.5. The molecule has 0 atom stereocenters. The number of hydrogen-bond donors (Lipinski definition) is 2. The van der Waals surface area contributed by atoms with Crippen LogP contribution in [0.2, 0.25) is 0 Å². The zero-order chi connectivity index (χ0) is 19.6. The average Bonchev–Trinajstić information content (AvgIpc) is 3.02. The summed E-state index contributed by atoms with van der Waals surface area (Å²) in [6, 6.07) is 8.10. The normalized spacial score (nSPS) is 11.0. The lowest BCUT2D eigenvalue weighted by molar-refractivity contribution is 0.0938. The predicted molar refractivity (Wildman–Crippen MR) is 96.7 cm³/mol. The Morgan fingerprint density at radius 2 is 1.89 bits per heavy atom. The Labute approximate surface area is 154 Å². The van der Waals surface area contributed by atoms with Crippen LogP contribution in [0, 0.1) is 17.6 Å². The minimum absolute atomic E-state index is 0.00929. The van der Waals surface area contributed by atoms with Crippen LogP contribution in [0.1, 0.15) is 35.0 Å². The van der Waals surface area contributed by atoms with Gasteiger partial charge in [-0.05, 0) is 30.2 Å². The Kier molecular flexibility index (Phi) is 5.16. The molecule has 3 aromatic rings. The van der Waals surface area contributed by atoms with E-state index in [2.05, 4.69) is 15.6 Å². The van der Waals surface area contributed by atoms with Crippen molar-refractivity contribution < 1.29 is 18.4 Å². The predicted octanol–water partition coefficient (Wildman–Crippen LogP) is 3.25. The van der Waals surface area contributed by atoms with E-state index >= 15 is 0 Å². The number of fused-ring (bicyclic) bond motifs is 1. The summed E-state index contributed by atoms with van der Waals surface area (Å²) in [4.78, 5) is 29.2. The SMILES string of the molecule is CC(C)CNC(=O)c1nc(C(=O)Nc2ccc(F)c(F)c2)c2ccccn12. The van der Waals surface area contributed by atoms with Gasteiger partial charge in [0.15, 0.2) is 17.3 Å². The van der Waals surface area contributed by atoms with E-state index in [0.29, 0.717) is 12.1 Å². The zero-order valence-corrected chi connectivity index (χ0v) is 14.8. The van der Waals surface area contributed by atoms with Crippen LogP contribution in [-0.2, 0) is 0 Å². The van der Waals surface area contributed by atoms with Crippen LogP contribution < -0.4 is 10.6 Å². The van der Waals surface area contributed by atoms with Gasteiger partial charge in [-0.15, -0.1) is 0 Å². The minimum atomic E-state index is -1.07. The monoisotopic (exact) mass is 372 g/mol. The number of hydrogen-bond acceptors (Lipinski definition) is 3. The van der Waals surface area contributed by atoms with Crippen LogP contribution in [0.15, 0.2) is 42.6 Å². The summed E-state index contributed by atoms with van der Waals surface area (Å²) in [6.07, 6.45) is 1.63. The first-order chi connectivity index (χ1) is 12.9. The molecule has 0 spiro atoms. The van der Waals surface area contributed by atoms with Gasteiger partial charge in [0.2, 0.25) is 5.82 Å². The average molecular weight is 372 g/mol. The zero-order valence-electron chi connectivity index (χ0n) is 14.8. The summed E-state index contributed by atoms with van der Waals surface area (Å²) in [5, 5.41) is 5.23. The van der Waals surface area contributed by atoms with Gasteiger partial charge in [0.25, 0.3) is 11.8 Å². The van der Waals surface area contributed by atoms with E-state index in [0.717, 1.165) is 12.1 Å². The minimum Gasteiger partial charge on any atom is -0.349 e. The van der Waals surface area contributed by atoms with Crippen LogP contribution in [0.5, 0.6) is 0 Å². The molecule has 0 aliphatic rings. The molecule has 2 heterocycles. The fraction of sp³-hybridized carbons (Fsp3) is 0.211. The Morgan fingerprint density at radius 3 is 2.59 bits per heavy atom. The van der Waals surface area contributed by atoms with Gasteiger partial charge < -0.3 is 10.6 Å². The van der Waals surface area contributed by atoms with E-state index in [9.17, 15) is 18.4 Å². The Bertz CT molecular complexity index is 1010. The van der Waals surface area contributed by atoms with Crippen molar-refractivity contribution in [2.75, 3.05) is 11.9 Å². The molecule has 0 aliphatic heterocycles. The number of aromatic nitrogens is 2. The molecular weight excluding hydrogens is 354 g/mol. The van der Waals surface area contributed by atoms with Crippen molar-refractivity contribution in [1.29, 1.82) is 0 Å². The van der Waals surface area contributed by atoms with Crippen molar-refractivity contribution in [3.8, 4) is 0 Å². The molecule has 0 bridgehead atoms. The second-order valence-corrected chi connectivity index (χ2v) is 6.43. The molecule has 0 unspecified atom stereocenters. The number of nitrogens with zero attached hydrogens (tertiary/aromatic N) is 2. The Morgan fingerprint density at radius 1 is 1.11 bits per heavy atom. The number of imidazole rings is 1. The van der Waals surface area contributed by atoms with E-state index in [1.165, 1.54) is 10.5 Å². The standard InChI is InChI=1S/C19H18F2N4O2/c1-11(2)10-22-19(27)17-24-16(15-5-3-4-8-25(15)17)18(26)23-12-6-7-13(20)14(21)9-12/h3-9,11H,10H2,1-2H3,(H,22,27)(H,23,26). The molecule has 1 aromatic carbocycles. The van der Waals surface area contributed by atoms with Gasteiger partial charge in [0, 0.05) is 24.5 Å². The molecule has 8 heteroatoms. The molecule has 140 valence electrons. The van der Waals surface area contributed by atoms with Gasteiger partial charge in [0.1, 0.15) is 0 Å². The summed E-state index contributed by atoms with van der Waals surface area (Å²) in [6.45, 7) is 4.40. The van der Waals surface area contributed by atoms with Crippen molar-refractivity contribution in [2.24, 2.45) is 5.92 Å². The van der Waals surface area contributed by atoms with Crippen molar-refractivity contribution in [3.63, 3.8) is 0 Å². The number of pyridine rings is 1. The highest BCUT2D eigenvalue weighted by Crippen LogP contribution is 2.17. The number of anilines is 1. The summed E-state index contributed by atoms with van der Waals surface area (Å²) in [5.74, 6) is -2.79. The maximum atomic E-state index is 13.3. The number of benzene rings is 1. The summed E-state index contributed by atoms with van der Waals surface area (Å²) < 4.78 is 27.9. The molecule has 0 radical (unpaired) electrons. The second kappa shape index (κ2) is 7.53. The van der Waals surface area contributed by atoms with Crippen LogP contribution in [-0.4, -0.2) is 27.7 Å².